The first-order valence-electron chi connectivity index (χ1n) is 6.85. The first-order chi connectivity index (χ1) is 8.32. The van der Waals surface area contributed by atoms with Crippen molar-refractivity contribution in [1.82, 2.24) is 5.32 Å². The summed E-state index contributed by atoms with van der Waals surface area (Å²) in [6, 6.07) is 0.474. The zero-order chi connectivity index (χ0) is 13.4. The second kappa shape index (κ2) is 5.10. The van der Waals surface area contributed by atoms with E-state index >= 15 is 0 Å². The van der Waals surface area contributed by atoms with Gasteiger partial charge in [0, 0.05) is 30.2 Å². The normalized spacial score (nSPS) is 34.7. The van der Waals surface area contributed by atoms with Crippen LogP contribution in [0.4, 0.5) is 0 Å². The molecule has 1 aliphatic heterocycles. The molecule has 2 aliphatic rings. The molecular weight excluding hydrogens is 250 g/mol. The van der Waals surface area contributed by atoms with Crippen LogP contribution in [0.3, 0.4) is 0 Å². The maximum atomic E-state index is 11.1. The van der Waals surface area contributed by atoms with Gasteiger partial charge in [-0.3, -0.25) is 0 Å². The fraction of sp³-hybridized carbons (Fsp3) is 1.00. The summed E-state index contributed by atoms with van der Waals surface area (Å²) >= 11 is 0. The van der Waals surface area contributed by atoms with Crippen LogP contribution in [0.15, 0.2) is 0 Å². The Morgan fingerprint density at radius 2 is 2.11 bits per heavy atom. The Balaban J connectivity index is 1.79. The summed E-state index contributed by atoms with van der Waals surface area (Å²) in [6.07, 6.45) is 4.77. The monoisotopic (exact) mass is 275 g/mol. The van der Waals surface area contributed by atoms with Crippen LogP contribution in [0.25, 0.3) is 0 Å². The molecule has 3 unspecified atom stereocenters. The molecule has 0 amide bonds. The quantitative estimate of drug-likeness (QED) is 0.766. The largest absolute Gasteiger partial charge is 0.377 e. The Labute approximate surface area is 110 Å². The van der Waals surface area contributed by atoms with Crippen molar-refractivity contribution in [2.75, 3.05) is 25.2 Å². The van der Waals surface area contributed by atoms with E-state index in [1.807, 2.05) is 0 Å². The molecule has 106 valence electrons. The molecule has 1 heterocycles. The van der Waals surface area contributed by atoms with Crippen LogP contribution in [-0.2, 0) is 14.6 Å². The molecule has 2 fully saturated rings. The number of ether oxygens (including phenoxy) is 1. The number of fused-ring (bicyclic) bond motifs is 1. The molecule has 1 N–H and O–H groups in total. The zero-order valence-corrected chi connectivity index (χ0v) is 12.4. The first kappa shape index (κ1) is 14.3. The van der Waals surface area contributed by atoms with Gasteiger partial charge in [-0.2, -0.15) is 0 Å². The molecule has 0 aromatic carbocycles. The molecule has 5 heteroatoms. The van der Waals surface area contributed by atoms with Crippen LogP contribution in [0.5, 0.6) is 0 Å². The smallest absolute Gasteiger partial charge is 0.147 e. The summed E-state index contributed by atoms with van der Waals surface area (Å²) in [5.74, 6) is 0.893. The van der Waals surface area contributed by atoms with Crippen LogP contribution >= 0.6 is 0 Å². The Bertz CT molecular complexity index is 391. The molecule has 0 aromatic heterocycles. The van der Waals surface area contributed by atoms with Gasteiger partial charge in [0.15, 0.2) is 0 Å². The molecular formula is C13H25NO3S. The van der Waals surface area contributed by atoms with Crippen LogP contribution in [0.1, 0.15) is 33.1 Å². The summed E-state index contributed by atoms with van der Waals surface area (Å²) in [5.41, 5.74) is 0.177. The molecule has 0 spiro atoms. The molecule has 0 bridgehead atoms. The summed E-state index contributed by atoms with van der Waals surface area (Å²) in [7, 11) is -2.83. The van der Waals surface area contributed by atoms with Gasteiger partial charge in [-0.15, -0.1) is 0 Å². The van der Waals surface area contributed by atoms with Gasteiger partial charge in [-0.1, -0.05) is 13.8 Å². The predicted molar refractivity (Wildman–Crippen MR) is 72.4 cm³/mol. The standard InChI is InChI=1S/C13H25NO3S/c1-13(2)11(10-6-4-8-17-12(10)13)14-7-5-9-18(3,15)16/h10-12,14H,4-9H2,1-3H3. The van der Waals surface area contributed by atoms with Crippen molar-refractivity contribution in [3.63, 3.8) is 0 Å². The lowest BCUT2D eigenvalue weighted by Gasteiger charge is -2.60. The van der Waals surface area contributed by atoms with Crippen LogP contribution in [-0.4, -0.2) is 45.7 Å². The lowest BCUT2D eigenvalue weighted by Crippen LogP contribution is -2.69. The second-order valence-corrected chi connectivity index (χ2v) is 8.59. The summed E-state index contributed by atoms with van der Waals surface area (Å²) in [4.78, 5) is 0. The lowest BCUT2D eigenvalue weighted by atomic mass is 9.55. The lowest BCUT2D eigenvalue weighted by molar-refractivity contribution is -0.192. The fourth-order valence-electron chi connectivity index (χ4n) is 3.53. The summed E-state index contributed by atoms with van der Waals surface area (Å²) in [5, 5.41) is 3.54. The average molecular weight is 275 g/mol. The van der Waals surface area contributed by atoms with Crippen LogP contribution in [0, 0.1) is 11.3 Å². The zero-order valence-electron chi connectivity index (χ0n) is 11.6. The SMILES string of the molecule is CC1(C)C(NCCCS(C)(=O)=O)C2CCCOC21. The first-order valence-corrected chi connectivity index (χ1v) is 8.91. The fourth-order valence-corrected chi connectivity index (χ4v) is 4.20. The van der Waals surface area contributed by atoms with Crippen LogP contribution < -0.4 is 5.32 Å². The van der Waals surface area contributed by atoms with E-state index in [1.165, 1.54) is 12.7 Å². The second-order valence-electron chi connectivity index (χ2n) is 6.33. The van der Waals surface area contributed by atoms with Gasteiger partial charge in [0.05, 0.1) is 11.9 Å². The van der Waals surface area contributed by atoms with Crippen LogP contribution in [0.2, 0.25) is 0 Å². The van der Waals surface area contributed by atoms with E-state index in [1.54, 1.807) is 0 Å². The maximum absolute atomic E-state index is 11.1. The highest BCUT2D eigenvalue weighted by molar-refractivity contribution is 7.90. The number of sulfone groups is 1. The van der Waals surface area contributed by atoms with E-state index in [0.29, 0.717) is 24.5 Å². The molecule has 3 atom stereocenters. The van der Waals surface area contributed by atoms with Gasteiger partial charge >= 0.3 is 0 Å². The molecule has 4 nitrogen and oxygen atoms in total. The minimum Gasteiger partial charge on any atom is -0.377 e. The van der Waals surface area contributed by atoms with Gasteiger partial charge in [-0.05, 0) is 25.8 Å². The molecule has 0 aromatic rings. The highest BCUT2D eigenvalue weighted by Gasteiger charge is 2.57. The van der Waals surface area contributed by atoms with Crippen molar-refractivity contribution in [3.05, 3.63) is 0 Å². The number of hydrogen-bond donors (Lipinski definition) is 1. The van der Waals surface area contributed by atoms with Gasteiger partial charge in [-0.25, -0.2) is 8.42 Å². The number of rotatable bonds is 5. The summed E-state index contributed by atoms with van der Waals surface area (Å²) in [6.45, 7) is 6.16. The minimum absolute atomic E-state index is 0.177. The topological polar surface area (TPSA) is 55.4 Å². The number of hydrogen-bond acceptors (Lipinski definition) is 4. The maximum Gasteiger partial charge on any atom is 0.147 e. The molecule has 18 heavy (non-hydrogen) atoms. The average Bonchev–Trinajstić information content (AvgIpc) is 2.27. The van der Waals surface area contributed by atoms with Gasteiger partial charge < -0.3 is 10.1 Å². The minimum atomic E-state index is -2.83. The van der Waals surface area contributed by atoms with Gasteiger partial charge in [0.1, 0.15) is 9.84 Å². The number of nitrogens with one attached hydrogen (secondary N) is 1. The van der Waals surface area contributed by atoms with Gasteiger partial charge in [0.2, 0.25) is 0 Å². The van der Waals surface area contributed by atoms with E-state index in [2.05, 4.69) is 19.2 Å². The third-order valence-corrected chi connectivity index (χ3v) is 5.42. The molecule has 0 radical (unpaired) electrons. The van der Waals surface area contributed by atoms with Crippen molar-refractivity contribution in [2.24, 2.45) is 11.3 Å². The molecule has 2 rings (SSSR count). The highest BCUT2D eigenvalue weighted by Crippen LogP contribution is 2.51. The third-order valence-electron chi connectivity index (χ3n) is 4.39. The van der Waals surface area contributed by atoms with Crippen molar-refractivity contribution < 1.29 is 13.2 Å². The van der Waals surface area contributed by atoms with Gasteiger partial charge in [0.25, 0.3) is 0 Å². The van der Waals surface area contributed by atoms with E-state index in [-0.39, 0.29) is 11.2 Å². The Morgan fingerprint density at radius 1 is 1.39 bits per heavy atom. The van der Waals surface area contributed by atoms with Crippen molar-refractivity contribution in [1.29, 1.82) is 0 Å². The van der Waals surface area contributed by atoms with E-state index in [0.717, 1.165) is 19.6 Å². The summed E-state index contributed by atoms with van der Waals surface area (Å²) < 4.78 is 28.0. The Kier molecular flexibility index (Phi) is 4.04. The van der Waals surface area contributed by atoms with E-state index in [4.69, 9.17) is 4.74 Å². The van der Waals surface area contributed by atoms with Crippen molar-refractivity contribution in [3.8, 4) is 0 Å². The Hall–Kier alpha value is -0.130. The van der Waals surface area contributed by atoms with Crippen molar-refractivity contribution in [2.45, 2.75) is 45.3 Å². The molecule has 1 saturated heterocycles. The molecule has 1 saturated carbocycles. The third kappa shape index (κ3) is 2.89. The van der Waals surface area contributed by atoms with E-state index < -0.39 is 9.84 Å². The Morgan fingerprint density at radius 3 is 2.78 bits per heavy atom. The predicted octanol–water partition coefficient (Wildman–Crippen LogP) is 1.21. The highest BCUT2D eigenvalue weighted by atomic mass is 32.2. The van der Waals surface area contributed by atoms with E-state index in [9.17, 15) is 8.42 Å². The molecule has 1 aliphatic carbocycles. The van der Waals surface area contributed by atoms with Crippen molar-refractivity contribution >= 4 is 9.84 Å².